The summed E-state index contributed by atoms with van der Waals surface area (Å²) in [7, 11) is 0. The predicted octanol–water partition coefficient (Wildman–Crippen LogP) is 6.55. The highest BCUT2D eigenvalue weighted by molar-refractivity contribution is 5.95. The molecule has 1 aliphatic rings. The van der Waals surface area contributed by atoms with E-state index in [1.165, 1.54) is 6.42 Å². The normalized spacial score (nSPS) is 13.5. The molecule has 3 aromatic carbocycles. The first-order valence-electron chi connectivity index (χ1n) is 13.5. The molecule has 0 aliphatic heterocycles. The van der Waals surface area contributed by atoms with E-state index in [1.807, 2.05) is 38.1 Å². The Morgan fingerprint density at radius 2 is 1.82 bits per heavy atom. The van der Waals surface area contributed by atoms with Gasteiger partial charge in [0, 0.05) is 22.5 Å². The topological polar surface area (TPSA) is 92.3 Å². The molecule has 0 atom stereocenters. The maximum Gasteiger partial charge on any atom is 0.310 e. The van der Waals surface area contributed by atoms with Crippen molar-refractivity contribution >= 4 is 33.5 Å². The third-order valence-corrected chi connectivity index (χ3v) is 7.55. The molecular formula is C32H32N4O3. The molecule has 5 aromatic rings. The molecule has 1 aliphatic carbocycles. The average molecular weight is 521 g/mol. The van der Waals surface area contributed by atoms with Crippen molar-refractivity contribution < 1.29 is 14.3 Å². The number of carbonyl (C=O) groups is 1. The van der Waals surface area contributed by atoms with E-state index < -0.39 is 0 Å². The molecule has 198 valence electrons. The maximum absolute atomic E-state index is 12.2. The second-order valence-electron chi connectivity index (χ2n) is 10.2. The molecule has 2 heterocycles. The number of aryl methyl sites for hydroxylation is 1. The molecule has 0 spiro atoms. The van der Waals surface area contributed by atoms with E-state index in [0.29, 0.717) is 30.8 Å². The molecular weight excluding hydrogens is 488 g/mol. The van der Waals surface area contributed by atoms with Gasteiger partial charge in [-0.25, -0.2) is 4.98 Å². The lowest BCUT2D eigenvalue weighted by Gasteiger charge is -2.26. The van der Waals surface area contributed by atoms with Gasteiger partial charge >= 0.3 is 5.97 Å². The van der Waals surface area contributed by atoms with Gasteiger partial charge in [-0.05, 0) is 80.0 Å². The summed E-state index contributed by atoms with van der Waals surface area (Å²) in [6.07, 6.45) is 5.40. The van der Waals surface area contributed by atoms with Crippen LogP contribution in [0.25, 0.3) is 32.8 Å². The molecule has 2 N–H and O–H groups in total. The summed E-state index contributed by atoms with van der Waals surface area (Å²) in [5, 5.41) is 8.11. The smallest absolute Gasteiger partial charge is 0.310 e. The van der Waals surface area contributed by atoms with E-state index in [2.05, 4.69) is 46.1 Å². The zero-order valence-corrected chi connectivity index (χ0v) is 22.3. The number of nitrogen functional groups attached to an aromatic ring is 1. The number of esters is 1. The first-order valence-corrected chi connectivity index (χ1v) is 13.5. The molecule has 0 bridgehead atoms. The van der Waals surface area contributed by atoms with Crippen LogP contribution < -0.4 is 10.5 Å². The molecule has 39 heavy (non-hydrogen) atoms. The van der Waals surface area contributed by atoms with Crippen LogP contribution in [0.5, 0.6) is 5.75 Å². The Balaban J connectivity index is 1.36. The Kier molecular flexibility index (Phi) is 6.65. The van der Waals surface area contributed by atoms with Gasteiger partial charge in [0.25, 0.3) is 0 Å². The van der Waals surface area contributed by atoms with Crippen LogP contribution in [0.2, 0.25) is 0 Å². The highest BCUT2D eigenvalue weighted by atomic mass is 16.5. The lowest BCUT2D eigenvalue weighted by molar-refractivity contribution is -0.142. The summed E-state index contributed by atoms with van der Waals surface area (Å²) < 4.78 is 13.7. The van der Waals surface area contributed by atoms with Crippen LogP contribution in [0.15, 0.2) is 66.9 Å². The SMILES string of the molecule is CCOC(=O)Cc1cc(C)ccc1OCc1nn(C2CCC2)c2ccc(-c3ccc4ccnc(N)c4c3)cc12. The second kappa shape index (κ2) is 10.4. The Morgan fingerprint density at radius 1 is 1.03 bits per heavy atom. The lowest BCUT2D eigenvalue weighted by atomic mass is 9.93. The number of anilines is 1. The molecule has 0 saturated heterocycles. The van der Waals surface area contributed by atoms with Crippen LogP contribution in [0.4, 0.5) is 5.82 Å². The van der Waals surface area contributed by atoms with Gasteiger partial charge < -0.3 is 15.2 Å². The summed E-state index contributed by atoms with van der Waals surface area (Å²) in [4.78, 5) is 16.5. The van der Waals surface area contributed by atoms with Gasteiger partial charge in [0.2, 0.25) is 0 Å². The van der Waals surface area contributed by atoms with Crippen molar-refractivity contribution in [2.75, 3.05) is 12.3 Å². The highest BCUT2D eigenvalue weighted by Gasteiger charge is 2.24. The van der Waals surface area contributed by atoms with Gasteiger partial charge in [-0.3, -0.25) is 9.48 Å². The quantitative estimate of drug-likeness (QED) is 0.233. The van der Waals surface area contributed by atoms with E-state index >= 15 is 0 Å². The van der Waals surface area contributed by atoms with Gasteiger partial charge in [0.1, 0.15) is 23.9 Å². The predicted molar refractivity (Wildman–Crippen MR) is 154 cm³/mol. The van der Waals surface area contributed by atoms with Crippen molar-refractivity contribution in [3.8, 4) is 16.9 Å². The minimum Gasteiger partial charge on any atom is -0.487 e. The van der Waals surface area contributed by atoms with E-state index in [4.69, 9.17) is 20.3 Å². The Hall–Kier alpha value is -4.39. The zero-order valence-electron chi connectivity index (χ0n) is 22.3. The summed E-state index contributed by atoms with van der Waals surface area (Å²) >= 11 is 0. The molecule has 0 unspecified atom stereocenters. The summed E-state index contributed by atoms with van der Waals surface area (Å²) in [5.41, 5.74) is 12.2. The van der Waals surface area contributed by atoms with Crippen molar-refractivity contribution in [3.63, 3.8) is 0 Å². The van der Waals surface area contributed by atoms with Crippen molar-refractivity contribution in [1.82, 2.24) is 14.8 Å². The largest absolute Gasteiger partial charge is 0.487 e. The average Bonchev–Trinajstić information content (AvgIpc) is 3.24. The van der Waals surface area contributed by atoms with Crippen molar-refractivity contribution in [3.05, 3.63) is 83.7 Å². The molecule has 0 radical (unpaired) electrons. The standard InChI is InChI=1S/C32H32N4O3/c1-3-38-31(37)18-24-15-20(2)7-12-30(24)39-19-28-27-17-23(10-11-29(27)36(35-28)25-5-4-6-25)22-9-8-21-13-14-34-32(33)26(21)16-22/h7-17,25H,3-6,18-19H2,1-2H3,(H2,33,34). The number of aromatic nitrogens is 3. The number of rotatable bonds is 8. The number of pyridine rings is 1. The number of fused-ring (bicyclic) bond motifs is 2. The number of hydrogen-bond donors (Lipinski definition) is 1. The Labute approximate surface area is 227 Å². The van der Waals surface area contributed by atoms with Gasteiger partial charge in [0.05, 0.1) is 24.6 Å². The van der Waals surface area contributed by atoms with Crippen LogP contribution in [0.3, 0.4) is 0 Å². The van der Waals surface area contributed by atoms with Crippen molar-refractivity contribution in [1.29, 1.82) is 0 Å². The first kappa shape index (κ1) is 24.9. The zero-order chi connectivity index (χ0) is 26.9. The fraction of sp³-hybridized carbons (Fsp3) is 0.281. The number of nitrogens with two attached hydrogens (primary N) is 1. The van der Waals surface area contributed by atoms with Gasteiger partial charge in [0.15, 0.2) is 0 Å². The van der Waals surface area contributed by atoms with Gasteiger partial charge in [-0.2, -0.15) is 5.10 Å². The molecule has 0 amide bonds. The van der Waals surface area contributed by atoms with Crippen LogP contribution in [-0.4, -0.2) is 27.3 Å². The van der Waals surface area contributed by atoms with E-state index in [0.717, 1.165) is 62.5 Å². The Morgan fingerprint density at radius 3 is 2.59 bits per heavy atom. The number of benzene rings is 3. The fourth-order valence-corrected chi connectivity index (χ4v) is 5.27. The molecule has 6 rings (SSSR count). The number of nitrogens with zero attached hydrogens (tertiary/aromatic N) is 3. The summed E-state index contributed by atoms with van der Waals surface area (Å²) in [6, 6.07) is 21.1. The molecule has 7 heteroatoms. The number of hydrogen-bond acceptors (Lipinski definition) is 6. The number of carbonyl (C=O) groups excluding carboxylic acids is 1. The maximum atomic E-state index is 12.2. The molecule has 2 aromatic heterocycles. The monoisotopic (exact) mass is 520 g/mol. The van der Waals surface area contributed by atoms with Crippen LogP contribution in [0, 0.1) is 6.92 Å². The first-order chi connectivity index (χ1) is 19.0. The molecule has 1 saturated carbocycles. The summed E-state index contributed by atoms with van der Waals surface area (Å²) in [5.74, 6) is 0.941. The van der Waals surface area contributed by atoms with Gasteiger partial charge in [-0.1, -0.05) is 35.9 Å². The fourth-order valence-electron chi connectivity index (χ4n) is 5.27. The van der Waals surface area contributed by atoms with Crippen LogP contribution in [0.1, 0.15) is 49.0 Å². The minimum absolute atomic E-state index is 0.173. The minimum atomic E-state index is -0.261. The molecule has 1 fully saturated rings. The van der Waals surface area contributed by atoms with E-state index in [1.54, 1.807) is 6.20 Å². The number of ether oxygens (including phenoxy) is 2. The van der Waals surface area contributed by atoms with Crippen molar-refractivity contribution in [2.45, 2.75) is 52.2 Å². The van der Waals surface area contributed by atoms with Crippen LogP contribution in [-0.2, 0) is 22.6 Å². The third-order valence-electron chi connectivity index (χ3n) is 7.55. The van der Waals surface area contributed by atoms with E-state index in [-0.39, 0.29) is 12.4 Å². The second-order valence-corrected chi connectivity index (χ2v) is 10.2. The third kappa shape index (κ3) is 4.92. The van der Waals surface area contributed by atoms with Crippen LogP contribution >= 0.6 is 0 Å². The summed E-state index contributed by atoms with van der Waals surface area (Å²) in [6.45, 7) is 4.47. The van der Waals surface area contributed by atoms with Crippen molar-refractivity contribution in [2.24, 2.45) is 0 Å². The highest BCUT2D eigenvalue weighted by Crippen LogP contribution is 2.37. The van der Waals surface area contributed by atoms with Gasteiger partial charge in [-0.15, -0.1) is 0 Å². The molecule has 7 nitrogen and oxygen atoms in total. The van der Waals surface area contributed by atoms with E-state index in [9.17, 15) is 4.79 Å². The lowest BCUT2D eigenvalue weighted by Crippen LogP contribution is -2.18. The Bertz CT molecular complexity index is 1690.